The Bertz CT molecular complexity index is 893. The van der Waals surface area contributed by atoms with Crippen LogP contribution in [0.25, 0.3) is 0 Å². The predicted molar refractivity (Wildman–Crippen MR) is 72.9 cm³/mol. The van der Waals surface area contributed by atoms with E-state index in [2.05, 4.69) is 0 Å². The fourth-order valence-corrected chi connectivity index (χ4v) is 1.75. The number of hydrogen-bond acceptors (Lipinski definition) is 5. The SMILES string of the molecule is Cn1c(Oc2ccc(C#N)cc2)c(C#N)c(=O)n(C)c1=O. The van der Waals surface area contributed by atoms with Gasteiger partial charge in [-0.05, 0) is 24.3 Å². The molecule has 0 spiro atoms. The van der Waals surface area contributed by atoms with Crippen molar-refractivity contribution in [2.75, 3.05) is 0 Å². The van der Waals surface area contributed by atoms with Crippen molar-refractivity contribution in [1.82, 2.24) is 9.13 Å². The molecule has 1 heterocycles. The lowest BCUT2D eigenvalue weighted by Crippen LogP contribution is -2.38. The van der Waals surface area contributed by atoms with Crippen molar-refractivity contribution in [3.63, 3.8) is 0 Å². The third kappa shape index (κ3) is 2.40. The smallest absolute Gasteiger partial charge is 0.333 e. The van der Waals surface area contributed by atoms with Crippen molar-refractivity contribution in [1.29, 1.82) is 10.5 Å². The Morgan fingerprint density at radius 1 is 1.00 bits per heavy atom. The van der Waals surface area contributed by atoms with Crippen molar-refractivity contribution in [2.45, 2.75) is 0 Å². The molecule has 104 valence electrons. The Morgan fingerprint density at radius 2 is 1.62 bits per heavy atom. The van der Waals surface area contributed by atoms with Gasteiger partial charge in [0, 0.05) is 14.1 Å². The summed E-state index contributed by atoms with van der Waals surface area (Å²) in [5.74, 6) is 0.184. The molecular formula is C14H10N4O3. The fourth-order valence-electron chi connectivity index (χ4n) is 1.75. The van der Waals surface area contributed by atoms with E-state index in [9.17, 15) is 9.59 Å². The van der Waals surface area contributed by atoms with Gasteiger partial charge in [-0.15, -0.1) is 0 Å². The van der Waals surface area contributed by atoms with Crippen molar-refractivity contribution in [3.8, 4) is 23.8 Å². The maximum absolute atomic E-state index is 11.9. The number of benzene rings is 1. The summed E-state index contributed by atoms with van der Waals surface area (Å²) in [5, 5.41) is 17.8. The maximum Gasteiger partial charge on any atom is 0.333 e. The lowest BCUT2D eigenvalue weighted by molar-refractivity contribution is 0.421. The van der Waals surface area contributed by atoms with Gasteiger partial charge in [-0.1, -0.05) is 0 Å². The molecule has 2 rings (SSSR count). The van der Waals surface area contributed by atoms with E-state index >= 15 is 0 Å². The van der Waals surface area contributed by atoms with E-state index in [1.807, 2.05) is 6.07 Å². The van der Waals surface area contributed by atoms with E-state index in [0.717, 1.165) is 9.13 Å². The minimum atomic E-state index is -0.718. The number of aromatic nitrogens is 2. The largest absolute Gasteiger partial charge is 0.439 e. The minimum Gasteiger partial charge on any atom is -0.439 e. The molecule has 0 aliphatic heterocycles. The predicted octanol–water partition coefficient (Wildman–Crippen LogP) is 0.620. The van der Waals surface area contributed by atoms with Crippen molar-refractivity contribution < 1.29 is 4.74 Å². The molecule has 0 N–H and O–H groups in total. The summed E-state index contributed by atoms with van der Waals surface area (Å²) in [7, 11) is 2.69. The molecule has 0 fully saturated rings. The number of rotatable bonds is 2. The third-order valence-electron chi connectivity index (χ3n) is 2.92. The second-order valence-corrected chi connectivity index (χ2v) is 4.24. The highest BCUT2D eigenvalue weighted by Gasteiger charge is 2.17. The number of nitriles is 2. The van der Waals surface area contributed by atoms with Gasteiger partial charge in [-0.25, -0.2) is 4.79 Å². The highest BCUT2D eigenvalue weighted by Crippen LogP contribution is 2.21. The molecule has 0 saturated heterocycles. The summed E-state index contributed by atoms with van der Waals surface area (Å²) < 4.78 is 7.38. The molecule has 0 unspecified atom stereocenters. The molecular weight excluding hydrogens is 272 g/mol. The summed E-state index contributed by atoms with van der Waals surface area (Å²) in [5.41, 5.74) is -1.13. The number of ether oxygens (including phenoxy) is 1. The van der Waals surface area contributed by atoms with Crippen LogP contribution in [0.3, 0.4) is 0 Å². The minimum absolute atomic E-state index is 0.129. The fraction of sp³-hybridized carbons (Fsp3) is 0.143. The highest BCUT2D eigenvalue weighted by atomic mass is 16.5. The topological polar surface area (TPSA) is 101 Å². The second kappa shape index (κ2) is 5.35. The van der Waals surface area contributed by atoms with Crippen LogP contribution >= 0.6 is 0 Å². The summed E-state index contributed by atoms with van der Waals surface area (Å²) in [6.45, 7) is 0. The standard InChI is InChI=1S/C14H10N4O3/c1-17-12(19)11(8-16)13(18(2)14(17)20)21-10-5-3-9(7-15)4-6-10/h3-6H,1-2H3. The average molecular weight is 282 g/mol. The van der Waals surface area contributed by atoms with Gasteiger partial charge >= 0.3 is 5.69 Å². The first-order chi connectivity index (χ1) is 9.99. The first-order valence-electron chi connectivity index (χ1n) is 5.87. The normalized spacial score (nSPS) is 9.71. The first-order valence-corrected chi connectivity index (χ1v) is 5.87. The van der Waals surface area contributed by atoms with Crippen LogP contribution < -0.4 is 16.0 Å². The first kappa shape index (κ1) is 14.1. The zero-order valence-corrected chi connectivity index (χ0v) is 11.3. The van der Waals surface area contributed by atoms with E-state index in [0.29, 0.717) is 11.3 Å². The molecule has 0 radical (unpaired) electrons. The van der Waals surface area contributed by atoms with E-state index in [1.54, 1.807) is 6.07 Å². The molecule has 0 aliphatic rings. The monoisotopic (exact) mass is 282 g/mol. The molecule has 0 saturated carbocycles. The summed E-state index contributed by atoms with van der Waals surface area (Å²) >= 11 is 0. The Hall–Kier alpha value is -3.32. The van der Waals surface area contributed by atoms with E-state index in [4.69, 9.17) is 15.3 Å². The van der Waals surface area contributed by atoms with Gasteiger partial charge < -0.3 is 4.74 Å². The number of nitrogens with zero attached hydrogens (tertiary/aromatic N) is 4. The van der Waals surface area contributed by atoms with Crippen LogP contribution in [0.4, 0.5) is 0 Å². The molecule has 0 atom stereocenters. The van der Waals surface area contributed by atoms with Crippen molar-refractivity contribution >= 4 is 0 Å². The van der Waals surface area contributed by atoms with Crippen LogP contribution in [0.15, 0.2) is 33.9 Å². The molecule has 0 bridgehead atoms. The van der Waals surface area contributed by atoms with Crippen LogP contribution in [0.5, 0.6) is 11.6 Å². The number of hydrogen-bond donors (Lipinski definition) is 0. The molecule has 1 aromatic carbocycles. The van der Waals surface area contributed by atoms with Crippen LogP contribution in [0.2, 0.25) is 0 Å². The second-order valence-electron chi connectivity index (χ2n) is 4.24. The molecule has 2 aromatic rings. The van der Waals surface area contributed by atoms with Crippen LogP contribution in [-0.4, -0.2) is 9.13 Å². The zero-order chi connectivity index (χ0) is 15.6. The van der Waals surface area contributed by atoms with Gasteiger partial charge in [0.15, 0.2) is 5.56 Å². The van der Waals surface area contributed by atoms with Gasteiger partial charge in [-0.3, -0.25) is 13.9 Å². The van der Waals surface area contributed by atoms with E-state index in [1.165, 1.54) is 38.4 Å². The molecule has 7 nitrogen and oxygen atoms in total. The molecule has 0 amide bonds. The van der Waals surface area contributed by atoms with Gasteiger partial charge in [0.1, 0.15) is 11.8 Å². The lowest BCUT2D eigenvalue weighted by atomic mass is 10.2. The Morgan fingerprint density at radius 3 is 2.14 bits per heavy atom. The van der Waals surface area contributed by atoms with Crippen molar-refractivity contribution in [2.24, 2.45) is 14.1 Å². The van der Waals surface area contributed by atoms with Gasteiger partial charge in [0.25, 0.3) is 5.56 Å². The Balaban J connectivity index is 2.59. The van der Waals surface area contributed by atoms with Crippen molar-refractivity contribution in [3.05, 3.63) is 56.2 Å². The van der Waals surface area contributed by atoms with Gasteiger partial charge in [-0.2, -0.15) is 10.5 Å². The quantitative estimate of drug-likeness (QED) is 0.803. The summed E-state index contributed by atoms with van der Waals surface area (Å²) in [6, 6.07) is 9.79. The van der Waals surface area contributed by atoms with Gasteiger partial charge in [0.2, 0.25) is 5.88 Å². The zero-order valence-electron chi connectivity index (χ0n) is 11.3. The lowest BCUT2D eigenvalue weighted by Gasteiger charge is -2.12. The van der Waals surface area contributed by atoms with Crippen LogP contribution in [0, 0.1) is 22.7 Å². The molecule has 21 heavy (non-hydrogen) atoms. The van der Waals surface area contributed by atoms with Gasteiger partial charge in [0.05, 0.1) is 11.6 Å². The van der Waals surface area contributed by atoms with E-state index in [-0.39, 0.29) is 11.4 Å². The molecule has 1 aromatic heterocycles. The van der Waals surface area contributed by atoms with E-state index < -0.39 is 11.2 Å². The Kier molecular flexibility index (Phi) is 3.59. The summed E-state index contributed by atoms with van der Waals surface area (Å²) in [4.78, 5) is 23.8. The van der Waals surface area contributed by atoms with Crippen LogP contribution in [-0.2, 0) is 14.1 Å². The van der Waals surface area contributed by atoms with Crippen LogP contribution in [0.1, 0.15) is 11.1 Å². The summed E-state index contributed by atoms with van der Waals surface area (Å²) in [6.07, 6.45) is 0. The third-order valence-corrected chi connectivity index (χ3v) is 2.92. The Labute approximate surface area is 119 Å². The highest BCUT2D eigenvalue weighted by molar-refractivity contribution is 5.41. The maximum atomic E-state index is 11.9. The average Bonchev–Trinajstić information content (AvgIpc) is 2.51. The molecule has 7 heteroatoms. The molecule has 0 aliphatic carbocycles.